The molecule has 146 valence electrons. The maximum absolute atomic E-state index is 12.7. The van der Waals surface area contributed by atoms with Gasteiger partial charge in [-0.15, -0.1) is 11.3 Å². The number of hydrogen-bond acceptors (Lipinski definition) is 5. The molecule has 2 aromatic heterocycles. The fourth-order valence-corrected chi connectivity index (χ4v) is 4.47. The van der Waals surface area contributed by atoms with Crippen LogP contribution in [-0.4, -0.2) is 53.1 Å². The molecule has 1 fully saturated rings. The standard InChI is InChI=1S/C19H17F3N4OS/c1-25(14-7-8-26(18(14)27)10-19(20,21)22)16-13-9-15(12-5-3-2-4-6-12)28-17(13)24-11-23-16/h2-6,9,11,14H,7-8,10H2,1H3. The van der Waals surface area contributed by atoms with Gasteiger partial charge in [0.2, 0.25) is 5.91 Å². The number of carbonyl (C=O) groups excluding carboxylic acids is 1. The van der Waals surface area contributed by atoms with E-state index in [9.17, 15) is 18.0 Å². The number of alkyl halides is 3. The van der Waals surface area contributed by atoms with Crippen molar-refractivity contribution in [3.05, 3.63) is 42.7 Å². The number of rotatable bonds is 4. The molecular formula is C19H17F3N4OS. The Morgan fingerprint density at radius 2 is 2.00 bits per heavy atom. The second kappa shape index (κ2) is 7.05. The quantitative estimate of drug-likeness (QED) is 0.658. The maximum atomic E-state index is 12.7. The molecule has 1 atom stereocenters. The van der Waals surface area contributed by atoms with E-state index in [4.69, 9.17) is 0 Å². The first-order valence-electron chi connectivity index (χ1n) is 8.72. The van der Waals surface area contributed by atoms with E-state index in [1.54, 1.807) is 11.9 Å². The molecule has 1 unspecified atom stereocenters. The summed E-state index contributed by atoms with van der Waals surface area (Å²) in [4.78, 5) is 25.5. The zero-order valence-electron chi connectivity index (χ0n) is 15.0. The highest BCUT2D eigenvalue weighted by atomic mass is 32.1. The van der Waals surface area contributed by atoms with E-state index in [1.807, 2.05) is 36.4 Å². The Bertz CT molecular complexity index is 1010. The highest BCUT2D eigenvalue weighted by molar-refractivity contribution is 7.21. The number of thiophene rings is 1. The van der Waals surface area contributed by atoms with Crippen LogP contribution in [0.5, 0.6) is 0 Å². The molecule has 0 saturated carbocycles. The number of likely N-dealkylation sites (N-methyl/N-ethyl adjacent to an activating group) is 1. The van der Waals surface area contributed by atoms with Crippen LogP contribution in [0.3, 0.4) is 0 Å². The van der Waals surface area contributed by atoms with Crippen LogP contribution in [0.4, 0.5) is 19.0 Å². The van der Waals surface area contributed by atoms with E-state index >= 15 is 0 Å². The maximum Gasteiger partial charge on any atom is 0.406 e. The Morgan fingerprint density at radius 1 is 1.25 bits per heavy atom. The smallest absolute Gasteiger partial charge is 0.347 e. The van der Waals surface area contributed by atoms with Gasteiger partial charge in [-0.1, -0.05) is 30.3 Å². The fraction of sp³-hybridized carbons (Fsp3) is 0.316. The second-order valence-electron chi connectivity index (χ2n) is 6.68. The van der Waals surface area contributed by atoms with Crippen LogP contribution < -0.4 is 4.90 Å². The zero-order valence-corrected chi connectivity index (χ0v) is 15.8. The minimum Gasteiger partial charge on any atom is -0.347 e. The summed E-state index contributed by atoms with van der Waals surface area (Å²) in [6.45, 7) is -1.13. The van der Waals surface area contributed by atoms with Gasteiger partial charge >= 0.3 is 6.18 Å². The van der Waals surface area contributed by atoms with Crippen LogP contribution in [0.1, 0.15) is 6.42 Å². The number of amides is 1. The average Bonchev–Trinajstić information content (AvgIpc) is 3.25. The van der Waals surface area contributed by atoms with Crippen LogP contribution in [0.25, 0.3) is 20.7 Å². The first-order chi connectivity index (χ1) is 13.3. The first-order valence-corrected chi connectivity index (χ1v) is 9.53. The van der Waals surface area contributed by atoms with Gasteiger partial charge in [-0.05, 0) is 18.1 Å². The van der Waals surface area contributed by atoms with Gasteiger partial charge < -0.3 is 9.80 Å². The second-order valence-corrected chi connectivity index (χ2v) is 7.71. The summed E-state index contributed by atoms with van der Waals surface area (Å²) in [6, 6.07) is 11.1. The summed E-state index contributed by atoms with van der Waals surface area (Å²) in [5.74, 6) is 0.0285. The van der Waals surface area contributed by atoms with E-state index < -0.39 is 24.7 Å². The van der Waals surface area contributed by atoms with Crippen molar-refractivity contribution in [2.24, 2.45) is 0 Å². The van der Waals surface area contributed by atoms with Crippen molar-refractivity contribution in [3.8, 4) is 10.4 Å². The van der Waals surface area contributed by atoms with Gasteiger partial charge in [0, 0.05) is 18.5 Å². The zero-order chi connectivity index (χ0) is 19.9. The van der Waals surface area contributed by atoms with E-state index in [1.165, 1.54) is 17.7 Å². The third kappa shape index (κ3) is 3.54. The van der Waals surface area contributed by atoms with E-state index in [0.717, 1.165) is 25.6 Å². The molecule has 1 amide bonds. The molecule has 28 heavy (non-hydrogen) atoms. The monoisotopic (exact) mass is 406 g/mol. The molecule has 1 aliphatic rings. The third-order valence-electron chi connectivity index (χ3n) is 4.81. The van der Waals surface area contributed by atoms with Crippen molar-refractivity contribution in [1.82, 2.24) is 14.9 Å². The molecule has 1 aliphatic heterocycles. The lowest BCUT2D eigenvalue weighted by Gasteiger charge is -2.25. The van der Waals surface area contributed by atoms with Gasteiger partial charge in [-0.2, -0.15) is 13.2 Å². The topological polar surface area (TPSA) is 49.3 Å². The first kappa shape index (κ1) is 18.7. The van der Waals surface area contributed by atoms with E-state index in [2.05, 4.69) is 9.97 Å². The number of halogens is 3. The minimum absolute atomic E-state index is 0.0838. The van der Waals surface area contributed by atoms with Crippen LogP contribution in [0, 0.1) is 0 Å². The van der Waals surface area contributed by atoms with Gasteiger partial charge in [0.05, 0.1) is 5.39 Å². The summed E-state index contributed by atoms with van der Waals surface area (Å²) in [6.07, 6.45) is -2.65. The number of carbonyl (C=O) groups is 1. The van der Waals surface area contributed by atoms with Gasteiger partial charge in [-0.25, -0.2) is 9.97 Å². The fourth-order valence-electron chi connectivity index (χ4n) is 3.47. The Kier molecular flexibility index (Phi) is 4.70. The Morgan fingerprint density at radius 3 is 2.71 bits per heavy atom. The SMILES string of the molecule is CN(c1ncnc2sc(-c3ccccc3)cc12)C1CCN(CC(F)(F)F)C1=O. The Labute approximate surface area is 163 Å². The van der Waals surface area contributed by atoms with Gasteiger partial charge in [-0.3, -0.25) is 4.79 Å². The summed E-state index contributed by atoms with van der Waals surface area (Å²) < 4.78 is 38.0. The normalized spacial score (nSPS) is 17.5. The van der Waals surface area contributed by atoms with Gasteiger partial charge in [0.1, 0.15) is 29.6 Å². The van der Waals surface area contributed by atoms with Crippen LogP contribution in [-0.2, 0) is 4.79 Å². The summed E-state index contributed by atoms with van der Waals surface area (Å²) in [5, 5.41) is 0.788. The van der Waals surface area contributed by atoms with Crippen molar-refractivity contribution in [2.45, 2.75) is 18.6 Å². The van der Waals surface area contributed by atoms with Crippen molar-refractivity contribution in [1.29, 1.82) is 0 Å². The van der Waals surface area contributed by atoms with Crippen LogP contribution >= 0.6 is 11.3 Å². The molecular weight excluding hydrogens is 389 g/mol. The minimum atomic E-state index is -4.40. The largest absolute Gasteiger partial charge is 0.406 e. The molecule has 4 rings (SSSR count). The molecule has 1 saturated heterocycles. The van der Waals surface area contributed by atoms with Crippen molar-refractivity contribution in [2.75, 3.05) is 25.0 Å². The number of likely N-dealkylation sites (tertiary alicyclic amines) is 1. The number of anilines is 1. The Hall–Kier alpha value is -2.68. The van der Waals surface area contributed by atoms with Crippen molar-refractivity contribution in [3.63, 3.8) is 0 Å². The number of hydrogen-bond donors (Lipinski definition) is 0. The lowest BCUT2D eigenvalue weighted by Crippen LogP contribution is -2.43. The predicted molar refractivity (Wildman–Crippen MR) is 102 cm³/mol. The van der Waals surface area contributed by atoms with E-state index in [0.29, 0.717) is 12.2 Å². The molecule has 0 spiro atoms. The van der Waals surface area contributed by atoms with Crippen LogP contribution in [0.2, 0.25) is 0 Å². The van der Waals surface area contributed by atoms with Crippen LogP contribution in [0.15, 0.2) is 42.7 Å². The Balaban J connectivity index is 1.64. The summed E-state index contributed by atoms with van der Waals surface area (Å²) in [7, 11) is 1.70. The molecule has 3 aromatic rings. The molecule has 0 radical (unpaired) electrons. The van der Waals surface area contributed by atoms with Gasteiger partial charge in [0.25, 0.3) is 0 Å². The van der Waals surface area contributed by atoms with Crippen molar-refractivity contribution >= 4 is 33.3 Å². The molecule has 0 aliphatic carbocycles. The average molecular weight is 406 g/mol. The lowest BCUT2D eigenvalue weighted by molar-refractivity contribution is -0.157. The number of nitrogens with zero attached hydrogens (tertiary/aromatic N) is 4. The number of aromatic nitrogens is 2. The highest BCUT2D eigenvalue weighted by Gasteiger charge is 2.41. The molecule has 0 N–H and O–H groups in total. The van der Waals surface area contributed by atoms with Crippen molar-refractivity contribution < 1.29 is 18.0 Å². The van der Waals surface area contributed by atoms with E-state index in [-0.39, 0.29) is 6.54 Å². The molecule has 5 nitrogen and oxygen atoms in total. The molecule has 3 heterocycles. The molecule has 0 bridgehead atoms. The van der Waals surface area contributed by atoms with Gasteiger partial charge in [0.15, 0.2) is 0 Å². The lowest BCUT2D eigenvalue weighted by atomic mass is 10.1. The number of fused-ring (bicyclic) bond motifs is 1. The number of benzene rings is 1. The summed E-state index contributed by atoms with van der Waals surface area (Å²) in [5.41, 5.74) is 1.05. The third-order valence-corrected chi connectivity index (χ3v) is 5.90. The highest BCUT2D eigenvalue weighted by Crippen LogP contribution is 2.37. The molecule has 9 heteroatoms. The summed E-state index contributed by atoms with van der Waals surface area (Å²) >= 11 is 1.51. The predicted octanol–water partition coefficient (Wildman–Crippen LogP) is 3.96. The molecule has 1 aromatic carbocycles.